The van der Waals surface area contributed by atoms with Crippen molar-refractivity contribution in [1.29, 1.82) is 0 Å². The van der Waals surface area contributed by atoms with E-state index in [0.717, 1.165) is 24.3 Å². The maximum absolute atomic E-state index is 15.6. The summed E-state index contributed by atoms with van der Waals surface area (Å²) in [4.78, 5) is 2.33. The molecule has 0 N–H and O–H groups in total. The van der Waals surface area contributed by atoms with E-state index >= 15 is 8.78 Å². The normalized spacial score (nSPS) is 12.1. The van der Waals surface area contributed by atoms with Crippen LogP contribution in [0.3, 0.4) is 0 Å². The first-order chi connectivity index (χ1) is 29.1. The largest absolute Gasteiger partial charge is 0.422 e. The number of nitrogens with zero attached hydrogens (tertiary/aromatic N) is 2. The minimum absolute atomic E-state index is 0.0886. The monoisotopic (exact) mass is 868 g/mol. The molecule has 0 aliphatic heterocycles. The zero-order valence-electron chi connectivity index (χ0n) is 32.1. The van der Waals surface area contributed by atoms with Crippen molar-refractivity contribution in [1.82, 2.24) is 0 Å². The number of benzene rings is 7. The van der Waals surface area contributed by atoms with Gasteiger partial charge >= 0.3 is 18.5 Å². The Labute approximate surface area is 345 Å². The van der Waals surface area contributed by atoms with Crippen LogP contribution in [0.25, 0.3) is 22.3 Å². The van der Waals surface area contributed by atoms with Crippen LogP contribution in [0, 0.1) is 37.1 Å². The van der Waals surface area contributed by atoms with Crippen molar-refractivity contribution in [3.05, 3.63) is 191 Å². The van der Waals surface area contributed by atoms with Crippen molar-refractivity contribution in [3.63, 3.8) is 0 Å². The highest BCUT2D eigenvalue weighted by Gasteiger charge is 2.43. The Morgan fingerprint density at radius 1 is 0.339 bits per heavy atom. The SMILES string of the molecule is Cc1cc(-c2ccc(N(c3ccc(-c4cc(C)cc(C(F)(F)F)c4)cc3)c3ccc(N(c4ccccc4)c4c(F)c(F)c(C(F)(F)F)c(F)c4F)cc3)cc2)cc(C(F)(F)F)c1. The number of anilines is 6. The summed E-state index contributed by atoms with van der Waals surface area (Å²) < 4.78 is 184. The van der Waals surface area contributed by atoms with Gasteiger partial charge in [-0.1, -0.05) is 54.6 Å². The van der Waals surface area contributed by atoms with Gasteiger partial charge in [-0.15, -0.1) is 0 Å². The molecule has 0 atom stereocenters. The summed E-state index contributed by atoms with van der Waals surface area (Å²) in [6, 6.07) is 32.2. The van der Waals surface area contributed by atoms with Gasteiger partial charge in [-0.05, 0) is 132 Å². The third kappa shape index (κ3) is 8.70. The number of hydrogen-bond acceptors (Lipinski definition) is 2. The van der Waals surface area contributed by atoms with E-state index in [1.165, 1.54) is 68.4 Å². The molecule has 7 aromatic carbocycles. The fourth-order valence-electron chi connectivity index (χ4n) is 7.08. The smallest absolute Gasteiger partial charge is 0.311 e. The summed E-state index contributed by atoms with van der Waals surface area (Å²) in [7, 11) is 0. The number of para-hydroxylation sites is 1. The third-order valence-corrected chi connectivity index (χ3v) is 9.85. The first kappa shape index (κ1) is 43.3. The molecule has 0 heterocycles. The second kappa shape index (κ2) is 16.3. The average Bonchev–Trinajstić information content (AvgIpc) is 3.21. The molecule has 7 rings (SSSR count). The molecule has 0 amide bonds. The predicted octanol–water partition coefficient (Wildman–Crippen LogP) is 16.2. The second-order valence-corrected chi connectivity index (χ2v) is 14.3. The lowest BCUT2D eigenvalue weighted by Gasteiger charge is -2.29. The van der Waals surface area contributed by atoms with Crippen LogP contribution in [0.4, 0.5) is 91.2 Å². The summed E-state index contributed by atoms with van der Waals surface area (Å²) in [5, 5.41) is 0. The Kier molecular flexibility index (Phi) is 11.4. The van der Waals surface area contributed by atoms with Crippen LogP contribution in [0.15, 0.2) is 140 Å². The van der Waals surface area contributed by atoms with Crippen LogP contribution in [-0.2, 0) is 18.5 Å². The Balaban J connectivity index is 1.35. The van der Waals surface area contributed by atoms with Gasteiger partial charge in [0, 0.05) is 28.4 Å². The molecule has 0 aliphatic carbocycles. The topological polar surface area (TPSA) is 6.48 Å². The minimum Gasteiger partial charge on any atom is -0.311 e. The molecule has 0 fully saturated rings. The molecule has 0 spiro atoms. The lowest BCUT2D eigenvalue weighted by atomic mass is 9.99. The van der Waals surface area contributed by atoms with Crippen molar-refractivity contribution in [2.24, 2.45) is 0 Å². The van der Waals surface area contributed by atoms with E-state index in [1.807, 2.05) is 0 Å². The molecule has 0 aromatic heterocycles. The third-order valence-electron chi connectivity index (χ3n) is 9.85. The summed E-state index contributed by atoms with van der Waals surface area (Å²) in [5.74, 6) is -9.92. The molecule has 7 aromatic rings. The number of rotatable bonds is 8. The van der Waals surface area contributed by atoms with Crippen LogP contribution in [-0.4, -0.2) is 0 Å². The molecule has 2 nitrogen and oxygen atoms in total. The molecule has 15 heteroatoms. The molecular formula is C47H29F13N2. The molecule has 0 saturated heterocycles. The van der Waals surface area contributed by atoms with Crippen LogP contribution in [0.2, 0.25) is 0 Å². The second-order valence-electron chi connectivity index (χ2n) is 14.3. The van der Waals surface area contributed by atoms with Gasteiger partial charge in [-0.25, -0.2) is 17.6 Å². The fourth-order valence-corrected chi connectivity index (χ4v) is 7.08. The number of hydrogen-bond donors (Lipinski definition) is 0. The van der Waals surface area contributed by atoms with E-state index in [2.05, 4.69) is 0 Å². The molecular weight excluding hydrogens is 840 g/mol. The van der Waals surface area contributed by atoms with Gasteiger partial charge in [0.1, 0.15) is 11.3 Å². The van der Waals surface area contributed by atoms with Gasteiger partial charge < -0.3 is 9.80 Å². The van der Waals surface area contributed by atoms with Gasteiger partial charge in [-0.2, -0.15) is 39.5 Å². The average molecular weight is 869 g/mol. The van der Waals surface area contributed by atoms with Gasteiger partial charge in [-0.3, -0.25) is 0 Å². The van der Waals surface area contributed by atoms with E-state index in [9.17, 15) is 48.3 Å². The van der Waals surface area contributed by atoms with Gasteiger partial charge in [0.25, 0.3) is 0 Å². The quantitative estimate of drug-likeness (QED) is 0.111. The van der Waals surface area contributed by atoms with E-state index in [1.54, 1.807) is 65.6 Å². The van der Waals surface area contributed by atoms with E-state index in [0.29, 0.717) is 44.2 Å². The molecule has 0 radical (unpaired) electrons. The zero-order valence-corrected chi connectivity index (χ0v) is 32.1. The van der Waals surface area contributed by atoms with Crippen molar-refractivity contribution >= 4 is 34.1 Å². The molecule has 0 aliphatic rings. The fraction of sp³-hybridized carbons (Fsp3) is 0.106. The van der Waals surface area contributed by atoms with Gasteiger partial charge in [0.15, 0.2) is 23.3 Å². The van der Waals surface area contributed by atoms with Crippen LogP contribution in [0.5, 0.6) is 0 Å². The van der Waals surface area contributed by atoms with E-state index in [4.69, 9.17) is 0 Å². The minimum atomic E-state index is -5.77. The maximum Gasteiger partial charge on any atom is 0.422 e. The van der Waals surface area contributed by atoms with Crippen LogP contribution in [0.1, 0.15) is 27.8 Å². The number of alkyl halides is 9. The first-order valence-electron chi connectivity index (χ1n) is 18.4. The van der Waals surface area contributed by atoms with E-state index in [-0.39, 0.29) is 22.5 Å². The summed E-state index contributed by atoms with van der Waals surface area (Å²) in [6.45, 7) is 3.05. The van der Waals surface area contributed by atoms with Crippen LogP contribution >= 0.6 is 0 Å². The van der Waals surface area contributed by atoms with Crippen molar-refractivity contribution < 1.29 is 57.1 Å². The van der Waals surface area contributed by atoms with Crippen LogP contribution < -0.4 is 9.80 Å². The Hall–Kier alpha value is -6.77. The Morgan fingerprint density at radius 2 is 0.677 bits per heavy atom. The highest BCUT2D eigenvalue weighted by molar-refractivity contribution is 5.83. The summed E-state index contributed by atoms with van der Waals surface area (Å²) in [5.41, 5.74) is -2.87. The first-order valence-corrected chi connectivity index (χ1v) is 18.4. The van der Waals surface area contributed by atoms with Gasteiger partial charge in [0.05, 0.1) is 11.1 Å². The lowest BCUT2D eigenvalue weighted by Crippen LogP contribution is -2.20. The maximum atomic E-state index is 15.6. The lowest BCUT2D eigenvalue weighted by molar-refractivity contribution is -0.143. The van der Waals surface area contributed by atoms with Crippen molar-refractivity contribution in [2.75, 3.05) is 9.80 Å². The van der Waals surface area contributed by atoms with E-state index < -0.39 is 64.2 Å². The highest BCUT2D eigenvalue weighted by Crippen LogP contribution is 2.46. The molecule has 0 saturated carbocycles. The zero-order chi connectivity index (χ0) is 44.9. The molecule has 318 valence electrons. The predicted molar refractivity (Wildman–Crippen MR) is 211 cm³/mol. The highest BCUT2D eigenvalue weighted by atomic mass is 19.4. The molecule has 0 unspecified atom stereocenters. The Bertz CT molecular complexity index is 2600. The van der Waals surface area contributed by atoms with Crippen molar-refractivity contribution in [3.8, 4) is 22.3 Å². The van der Waals surface area contributed by atoms with Gasteiger partial charge in [0.2, 0.25) is 0 Å². The van der Waals surface area contributed by atoms with Crippen molar-refractivity contribution in [2.45, 2.75) is 32.4 Å². The molecule has 0 bridgehead atoms. The number of aryl methyl sites for hydroxylation is 2. The summed E-state index contributed by atoms with van der Waals surface area (Å²) >= 11 is 0. The summed E-state index contributed by atoms with van der Waals surface area (Å²) in [6.07, 6.45) is -15.0. The molecule has 62 heavy (non-hydrogen) atoms. The number of halogens is 13. The standard InChI is InChI=1S/C47H29F13N2/c1-26-20-30(24-32(22-26)45(52,53)54)28-8-12-35(13-9-28)61(36-14-10-29(11-15-36)31-21-27(2)23-33(25-31)46(55,56)57)37-16-18-38(19-17-37)62(34-6-4-3-5-7-34)44-42(50)40(48)39(47(58,59)60)41(49)43(44)51/h3-25H,1-2H3. The Morgan fingerprint density at radius 3 is 1.03 bits per heavy atom.